The van der Waals surface area contributed by atoms with Crippen LogP contribution in [0.1, 0.15) is 84.0 Å². The minimum Gasteiger partial charge on any atom is -0.335 e. The van der Waals surface area contributed by atoms with E-state index in [0.717, 1.165) is 51.6 Å². The Labute approximate surface area is 164 Å². The molecule has 0 aromatic rings. The molecule has 3 N–H and O–H groups in total. The maximum Gasteiger partial charge on any atom is 0.317 e. The molecule has 3 fully saturated rings. The van der Waals surface area contributed by atoms with Gasteiger partial charge in [-0.25, -0.2) is 9.59 Å². The highest BCUT2D eigenvalue weighted by molar-refractivity contribution is 5.75. The van der Waals surface area contributed by atoms with Gasteiger partial charge >= 0.3 is 12.1 Å². The lowest BCUT2D eigenvalue weighted by atomic mass is 9.83. The summed E-state index contributed by atoms with van der Waals surface area (Å²) in [5.41, 5.74) is 0. The molecule has 6 nitrogen and oxygen atoms in total. The molecule has 0 aromatic heterocycles. The zero-order chi connectivity index (χ0) is 19.1. The van der Waals surface area contributed by atoms with Crippen LogP contribution < -0.4 is 16.0 Å². The van der Waals surface area contributed by atoms with Gasteiger partial charge in [0.05, 0.1) is 0 Å². The minimum absolute atomic E-state index is 0.0298. The zero-order valence-corrected chi connectivity index (χ0v) is 17.0. The smallest absolute Gasteiger partial charge is 0.317 e. The van der Waals surface area contributed by atoms with E-state index in [1.165, 1.54) is 38.5 Å². The zero-order valence-electron chi connectivity index (χ0n) is 17.0. The molecule has 0 radical (unpaired) electrons. The Hall–Kier alpha value is -1.46. The van der Waals surface area contributed by atoms with E-state index in [2.05, 4.69) is 22.9 Å². The molecule has 154 valence electrons. The lowest BCUT2D eigenvalue weighted by molar-refractivity contribution is 0.161. The number of piperidine rings is 1. The Balaban J connectivity index is 1.36. The molecule has 3 aliphatic rings. The van der Waals surface area contributed by atoms with Gasteiger partial charge in [-0.15, -0.1) is 0 Å². The van der Waals surface area contributed by atoms with E-state index in [1.54, 1.807) is 0 Å². The van der Waals surface area contributed by atoms with E-state index in [4.69, 9.17) is 0 Å². The number of nitrogens with one attached hydrogen (secondary N) is 3. The summed E-state index contributed by atoms with van der Waals surface area (Å²) in [5, 5.41) is 9.52. The molecule has 1 heterocycles. The van der Waals surface area contributed by atoms with Crippen molar-refractivity contribution in [2.24, 2.45) is 5.92 Å². The SMILES string of the molecule is CCC1CCCCC1NC(=O)N1CCC(NC(=O)NC2CCCCC2)CC1. The molecule has 27 heavy (non-hydrogen) atoms. The second-order valence-corrected chi connectivity index (χ2v) is 8.72. The number of rotatable bonds is 4. The molecule has 0 spiro atoms. The minimum atomic E-state index is -0.0298. The lowest BCUT2D eigenvalue weighted by Gasteiger charge is -2.36. The van der Waals surface area contributed by atoms with Crippen molar-refractivity contribution in [2.45, 2.75) is 102 Å². The summed E-state index contributed by atoms with van der Waals surface area (Å²) in [4.78, 5) is 26.8. The van der Waals surface area contributed by atoms with Gasteiger partial charge in [0.15, 0.2) is 0 Å². The Bertz CT molecular complexity index is 485. The van der Waals surface area contributed by atoms with Crippen molar-refractivity contribution in [2.75, 3.05) is 13.1 Å². The van der Waals surface area contributed by atoms with Gasteiger partial charge in [0.25, 0.3) is 0 Å². The van der Waals surface area contributed by atoms with Crippen LogP contribution in [0.15, 0.2) is 0 Å². The second kappa shape index (κ2) is 10.2. The van der Waals surface area contributed by atoms with Crippen LogP contribution in [0.25, 0.3) is 0 Å². The first-order valence-electron chi connectivity index (χ1n) is 11.3. The lowest BCUT2D eigenvalue weighted by Crippen LogP contribution is -2.54. The molecule has 2 aliphatic carbocycles. The molecule has 4 amide bonds. The van der Waals surface area contributed by atoms with Crippen molar-refractivity contribution in [3.8, 4) is 0 Å². The largest absolute Gasteiger partial charge is 0.335 e. The van der Waals surface area contributed by atoms with Crippen LogP contribution in [-0.2, 0) is 0 Å². The van der Waals surface area contributed by atoms with Gasteiger partial charge in [-0.05, 0) is 44.4 Å². The fourth-order valence-electron chi connectivity index (χ4n) is 5.02. The van der Waals surface area contributed by atoms with E-state index in [0.29, 0.717) is 18.0 Å². The third-order valence-electron chi connectivity index (χ3n) is 6.80. The molecule has 6 heteroatoms. The Morgan fingerprint density at radius 2 is 1.37 bits per heavy atom. The second-order valence-electron chi connectivity index (χ2n) is 8.72. The van der Waals surface area contributed by atoms with E-state index in [9.17, 15) is 9.59 Å². The first-order valence-corrected chi connectivity index (χ1v) is 11.3. The maximum atomic E-state index is 12.6. The average molecular weight is 379 g/mol. The van der Waals surface area contributed by atoms with E-state index >= 15 is 0 Å². The van der Waals surface area contributed by atoms with Gasteiger partial charge in [-0.3, -0.25) is 0 Å². The quantitative estimate of drug-likeness (QED) is 0.697. The highest BCUT2D eigenvalue weighted by atomic mass is 16.2. The summed E-state index contributed by atoms with van der Waals surface area (Å²) in [6, 6.07) is 0.916. The molecule has 2 unspecified atom stereocenters. The van der Waals surface area contributed by atoms with Crippen LogP contribution in [-0.4, -0.2) is 48.2 Å². The van der Waals surface area contributed by atoms with Crippen molar-refractivity contribution >= 4 is 12.1 Å². The molecule has 3 rings (SSSR count). The number of hydrogen-bond donors (Lipinski definition) is 3. The van der Waals surface area contributed by atoms with Gasteiger partial charge in [0, 0.05) is 31.2 Å². The van der Waals surface area contributed by atoms with Gasteiger partial charge in [-0.1, -0.05) is 45.4 Å². The maximum absolute atomic E-state index is 12.6. The number of hydrogen-bond acceptors (Lipinski definition) is 2. The van der Waals surface area contributed by atoms with Gasteiger partial charge in [0.2, 0.25) is 0 Å². The molecular formula is C21H38N4O2. The van der Waals surface area contributed by atoms with Crippen molar-refractivity contribution < 1.29 is 9.59 Å². The molecule has 1 saturated heterocycles. The molecule has 0 aromatic carbocycles. The number of amides is 4. The summed E-state index contributed by atoms with van der Waals surface area (Å²) in [7, 11) is 0. The van der Waals surface area contributed by atoms with Crippen molar-refractivity contribution in [3.05, 3.63) is 0 Å². The highest BCUT2D eigenvalue weighted by Crippen LogP contribution is 2.27. The molecule has 2 atom stereocenters. The number of likely N-dealkylation sites (tertiary alicyclic amines) is 1. The highest BCUT2D eigenvalue weighted by Gasteiger charge is 2.29. The first-order chi connectivity index (χ1) is 13.2. The summed E-state index contributed by atoms with van der Waals surface area (Å²) in [6.45, 7) is 3.68. The number of carbonyl (C=O) groups excluding carboxylic acids is 2. The summed E-state index contributed by atoms with van der Waals surface area (Å²) < 4.78 is 0. The van der Waals surface area contributed by atoms with Crippen molar-refractivity contribution in [1.82, 2.24) is 20.9 Å². The van der Waals surface area contributed by atoms with Gasteiger partial charge < -0.3 is 20.9 Å². The van der Waals surface area contributed by atoms with E-state index in [1.807, 2.05) is 4.90 Å². The fourth-order valence-corrected chi connectivity index (χ4v) is 5.02. The Morgan fingerprint density at radius 3 is 2.04 bits per heavy atom. The Morgan fingerprint density at radius 1 is 0.778 bits per heavy atom. The molecule has 2 saturated carbocycles. The average Bonchev–Trinajstić information content (AvgIpc) is 2.69. The van der Waals surface area contributed by atoms with Crippen LogP contribution in [0.3, 0.4) is 0 Å². The van der Waals surface area contributed by atoms with Gasteiger partial charge in [-0.2, -0.15) is 0 Å². The fraction of sp³-hybridized carbons (Fsp3) is 0.905. The monoisotopic (exact) mass is 378 g/mol. The topological polar surface area (TPSA) is 73.5 Å². The number of nitrogens with zero attached hydrogens (tertiary/aromatic N) is 1. The van der Waals surface area contributed by atoms with Gasteiger partial charge in [0.1, 0.15) is 0 Å². The van der Waals surface area contributed by atoms with Crippen molar-refractivity contribution in [3.63, 3.8) is 0 Å². The van der Waals surface area contributed by atoms with Crippen LogP contribution >= 0.6 is 0 Å². The number of urea groups is 2. The van der Waals surface area contributed by atoms with Crippen LogP contribution in [0, 0.1) is 5.92 Å². The van der Waals surface area contributed by atoms with E-state index in [-0.39, 0.29) is 18.1 Å². The Kier molecular flexibility index (Phi) is 7.65. The summed E-state index contributed by atoms with van der Waals surface area (Å²) in [5.74, 6) is 0.630. The third kappa shape index (κ3) is 6.01. The van der Waals surface area contributed by atoms with Crippen LogP contribution in [0.4, 0.5) is 9.59 Å². The standard InChI is InChI=1S/C21H38N4O2/c1-2-16-8-6-7-11-19(16)24-21(27)25-14-12-18(13-15-25)23-20(26)22-17-9-4-3-5-10-17/h16-19H,2-15H2,1H3,(H,24,27)(H2,22,23,26). The van der Waals surface area contributed by atoms with Crippen LogP contribution in [0.2, 0.25) is 0 Å². The molecule has 0 bridgehead atoms. The predicted octanol–water partition coefficient (Wildman–Crippen LogP) is 3.76. The third-order valence-corrected chi connectivity index (χ3v) is 6.80. The molecule has 1 aliphatic heterocycles. The van der Waals surface area contributed by atoms with Crippen molar-refractivity contribution in [1.29, 1.82) is 0 Å². The predicted molar refractivity (Wildman–Crippen MR) is 108 cm³/mol. The first kappa shape index (κ1) is 20.3. The van der Waals surface area contributed by atoms with E-state index < -0.39 is 0 Å². The molecular weight excluding hydrogens is 340 g/mol. The number of carbonyl (C=O) groups is 2. The normalized spacial score (nSPS) is 27.8. The van der Waals surface area contributed by atoms with Crippen LogP contribution in [0.5, 0.6) is 0 Å². The summed E-state index contributed by atoms with van der Waals surface area (Å²) in [6.07, 6.45) is 13.6. The summed E-state index contributed by atoms with van der Waals surface area (Å²) >= 11 is 0.